The molecule has 0 aromatic heterocycles. The zero-order chi connectivity index (χ0) is 17.8. The summed E-state index contributed by atoms with van der Waals surface area (Å²) in [6.07, 6.45) is 7.35. The van der Waals surface area contributed by atoms with Crippen LogP contribution in [0.2, 0.25) is 0 Å². The van der Waals surface area contributed by atoms with Crippen molar-refractivity contribution >= 4 is 21.6 Å². The fourth-order valence-corrected chi connectivity index (χ4v) is 2.81. The molecule has 24 heavy (non-hydrogen) atoms. The second-order valence-electron chi connectivity index (χ2n) is 5.87. The highest BCUT2D eigenvalue weighted by Crippen LogP contribution is 2.10. The standard InChI is InChI=1S/C17H29N3O3S/c1-3-4-5-6-7-12-18-13-14-19-17(21)15-8-10-16(11-9-15)20-24(2,22)23/h8-11,18,20H,3-7,12-14H2,1-2H3,(H,19,21). The number of nitrogens with one attached hydrogen (secondary N) is 3. The number of unbranched alkanes of at least 4 members (excludes halogenated alkanes) is 4. The van der Waals surface area contributed by atoms with Gasteiger partial charge in [-0.15, -0.1) is 0 Å². The molecule has 0 heterocycles. The van der Waals surface area contributed by atoms with E-state index in [1.807, 2.05) is 0 Å². The van der Waals surface area contributed by atoms with E-state index in [-0.39, 0.29) is 5.91 Å². The maximum Gasteiger partial charge on any atom is 0.251 e. The van der Waals surface area contributed by atoms with Gasteiger partial charge in [-0.05, 0) is 37.2 Å². The lowest BCUT2D eigenvalue weighted by atomic mass is 10.1. The largest absolute Gasteiger partial charge is 0.351 e. The molecule has 0 aliphatic carbocycles. The third-order valence-electron chi connectivity index (χ3n) is 3.49. The molecule has 0 saturated carbocycles. The Hall–Kier alpha value is -1.60. The fourth-order valence-electron chi connectivity index (χ4n) is 2.25. The molecule has 0 spiro atoms. The van der Waals surface area contributed by atoms with Crippen LogP contribution in [0.5, 0.6) is 0 Å². The third-order valence-corrected chi connectivity index (χ3v) is 4.10. The lowest BCUT2D eigenvalue weighted by molar-refractivity contribution is 0.0954. The SMILES string of the molecule is CCCCCCCNCCNC(=O)c1ccc(NS(C)(=O)=O)cc1. The first kappa shape index (κ1) is 20.4. The Balaban J connectivity index is 2.19. The van der Waals surface area contributed by atoms with Crippen LogP contribution in [0.3, 0.4) is 0 Å². The molecule has 1 rings (SSSR count). The van der Waals surface area contributed by atoms with Crippen molar-refractivity contribution in [3.8, 4) is 0 Å². The third kappa shape index (κ3) is 9.52. The van der Waals surface area contributed by atoms with Crippen LogP contribution >= 0.6 is 0 Å². The van der Waals surface area contributed by atoms with Crippen molar-refractivity contribution in [1.82, 2.24) is 10.6 Å². The molecule has 0 unspecified atom stereocenters. The molecule has 0 aliphatic rings. The molecule has 0 saturated heterocycles. The van der Waals surface area contributed by atoms with Gasteiger partial charge in [0.1, 0.15) is 0 Å². The number of carbonyl (C=O) groups excluding carboxylic acids is 1. The van der Waals surface area contributed by atoms with Gasteiger partial charge >= 0.3 is 0 Å². The molecule has 7 heteroatoms. The molecule has 0 aliphatic heterocycles. The Morgan fingerprint density at radius 2 is 1.62 bits per heavy atom. The zero-order valence-electron chi connectivity index (χ0n) is 14.6. The number of amides is 1. The molecule has 6 nitrogen and oxygen atoms in total. The summed E-state index contributed by atoms with van der Waals surface area (Å²) in [7, 11) is -3.30. The Bertz CT molecular complexity index is 586. The molecule has 0 bridgehead atoms. The van der Waals surface area contributed by atoms with E-state index in [0.717, 1.165) is 19.3 Å². The smallest absolute Gasteiger partial charge is 0.251 e. The fraction of sp³-hybridized carbons (Fsp3) is 0.588. The summed E-state index contributed by atoms with van der Waals surface area (Å²) in [4.78, 5) is 12.0. The molecule has 0 radical (unpaired) electrons. The Kier molecular flexibility index (Phi) is 9.41. The van der Waals surface area contributed by atoms with Gasteiger partial charge in [0.2, 0.25) is 10.0 Å². The minimum atomic E-state index is -3.30. The summed E-state index contributed by atoms with van der Waals surface area (Å²) in [6, 6.07) is 6.35. The van der Waals surface area contributed by atoms with Crippen LogP contribution in [0.1, 0.15) is 49.4 Å². The van der Waals surface area contributed by atoms with Crippen LogP contribution in [0.15, 0.2) is 24.3 Å². The Morgan fingerprint density at radius 3 is 2.25 bits per heavy atom. The van der Waals surface area contributed by atoms with Crippen LogP contribution in [-0.2, 0) is 10.0 Å². The summed E-state index contributed by atoms with van der Waals surface area (Å²) in [5.74, 6) is -0.161. The molecule has 3 N–H and O–H groups in total. The highest BCUT2D eigenvalue weighted by atomic mass is 32.2. The van der Waals surface area contributed by atoms with Gasteiger partial charge < -0.3 is 10.6 Å². The van der Waals surface area contributed by atoms with Gasteiger partial charge in [0.25, 0.3) is 5.91 Å². The topological polar surface area (TPSA) is 87.3 Å². The number of hydrogen-bond donors (Lipinski definition) is 3. The van der Waals surface area contributed by atoms with Crippen molar-refractivity contribution in [3.63, 3.8) is 0 Å². The van der Waals surface area contributed by atoms with Crippen molar-refractivity contribution in [2.45, 2.75) is 39.0 Å². The van der Waals surface area contributed by atoms with E-state index < -0.39 is 10.0 Å². The predicted molar refractivity (Wildman–Crippen MR) is 98.9 cm³/mol. The van der Waals surface area contributed by atoms with Crippen molar-refractivity contribution in [2.24, 2.45) is 0 Å². The van der Waals surface area contributed by atoms with Gasteiger partial charge in [-0.3, -0.25) is 9.52 Å². The van der Waals surface area contributed by atoms with Gasteiger partial charge in [0, 0.05) is 24.3 Å². The van der Waals surface area contributed by atoms with E-state index >= 15 is 0 Å². The number of sulfonamides is 1. The Labute approximate surface area is 145 Å². The highest BCUT2D eigenvalue weighted by molar-refractivity contribution is 7.92. The van der Waals surface area contributed by atoms with E-state index in [1.54, 1.807) is 24.3 Å². The first-order valence-electron chi connectivity index (χ1n) is 8.49. The van der Waals surface area contributed by atoms with Gasteiger partial charge in [-0.2, -0.15) is 0 Å². The van der Waals surface area contributed by atoms with Crippen LogP contribution in [-0.4, -0.2) is 40.2 Å². The molecule has 136 valence electrons. The number of hydrogen-bond acceptors (Lipinski definition) is 4. The quantitative estimate of drug-likeness (QED) is 0.502. The Morgan fingerprint density at radius 1 is 0.958 bits per heavy atom. The molecule has 1 amide bonds. The van der Waals surface area contributed by atoms with E-state index in [0.29, 0.717) is 17.8 Å². The lowest BCUT2D eigenvalue weighted by Gasteiger charge is -2.08. The molecule has 0 fully saturated rings. The van der Waals surface area contributed by atoms with E-state index in [2.05, 4.69) is 22.3 Å². The maximum atomic E-state index is 12.0. The minimum absolute atomic E-state index is 0.161. The average Bonchev–Trinajstić information content (AvgIpc) is 2.52. The van der Waals surface area contributed by atoms with Gasteiger partial charge in [-0.1, -0.05) is 32.6 Å². The van der Waals surface area contributed by atoms with E-state index in [9.17, 15) is 13.2 Å². The highest BCUT2D eigenvalue weighted by Gasteiger charge is 2.06. The van der Waals surface area contributed by atoms with E-state index in [4.69, 9.17) is 0 Å². The van der Waals surface area contributed by atoms with E-state index in [1.165, 1.54) is 32.1 Å². The first-order chi connectivity index (χ1) is 11.4. The monoisotopic (exact) mass is 355 g/mol. The molecule has 0 atom stereocenters. The summed E-state index contributed by atoms with van der Waals surface area (Å²) in [5.41, 5.74) is 0.951. The average molecular weight is 356 g/mol. The maximum absolute atomic E-state index is 12.0. The number of benzene rings is 1. The molecular formula is C17H29N3O3S. The summed E-state index contributed by atoms with van der Waals surface area (Å²) < 4.78 is 24.6. The van der Waals surface area contributed by atoms with Crippen LogP contribution in [0.25, 0.3) is 0 Å². The minimum Gasteiger partial charge on any atom is -0.351 e. The van der Waals surface area contributed by atoms with Gasteiger partial charge in [0.05, 0.1) is 6.26 Å². The van der Waals surface area contributed by atoms with Gasteiger partial charge in [-0.25, -0.2) is 8.42 Å². The summed E-state index contributed by atoms with van der Waals surface area (Å²) >= 11 is 0. The lowest BCUT2D eigenvalue weighted by Crippen LogP contribution is -2.32. The van der Waals surface area contributed by atoms with Crippen molar-refractivity contribution in [3.05, 3.63) is 29.8 Å². The number of rotatable bonds is 12. The van der Waals surface area contributed by atoms with Crippen LogP contribution in [0, 0.1) is 0 Å². The van der Waals surface area contributed by atoms with Crippen molar-refractivity contribution in [2.75, 3.05) is 30.6 Å². The van der Waals surface area contributed by atoms with Crippen LogP contribution < -0.4 is 15.4 Å². The number of carbonyl (C=O) groups is 1. The van der Waals surface area contributed by atoms with Crippen molar-refractivity contribution < 1.29 is 13.2 Å². The first-order valence-corrected chi connectivity index (χ1v) is 10.4. The summed E-state index contributed by atoms with van der Waals surface area (Å²) in [5, 5.41) is 6.15. The predicted octanol–water partition coefficient (Wildman–Crippen LogP) is 2.35. The number of anilines is 1. The van der Waals surface area contributed by atoms with Crippen LogP contribution in [0.4, 0.5) is 5.69 Å². The normalized spacial score (nSPS) is 11.2. The molecule has 1 aromatic rings. The summed E-state index contributed by atoms with van der Waals surface area (Å²) in [6.45, 7) is 4.49. The zero-order valence-corrected chi connectivity index (χ0v) is 15.4. The second-order valence-corrected chi connectivity index (χ2v) is 7.62. The van der Waals surface area contributed by atoms with Crippen molar-refractivity contribution in [1.29, 1.82) is 0 Å². The van der Waals surface area contributed by atoms with Gasteiger partial charge in [0.15, 0.2) is 0 Å². The second kappa shape index (κ2) is 11.0. The molecule has 1 aromatic carbocycles. The molecular weight excluding hydrogens is 326 g/mol.